The van der Waals surface area contributed by atoms with Gasteiger partial charge in [-0.3, -0.25) is 9.78 Å². The zero-order chi connectivity index (χ0) is 22.8. The van der Waals surface area contributed by atoms with E-state index in [1.54, 1.807) is 6.07 Å². The Morgan fingerprint density at radius 2 is 1.48 bits per heavy atom. The molecule has 31 heavy (non-hydrogen) atoms. The van der Waals surface area contributed by atoms with Crippen molar-refractivity contribution >= 4 is 5.91 Å². The highest BCUT2D eigenvalue weighted by molar-refractivity contribution is 5.94. The normalized spacial score (nSPS) is 13.0. The van der Waals surface area contributed by atoms with Crippen LogP contribution in [0, 0.1) is 5.82 Å². The van der Waals surface area contributed by atoms with Crippen molar-refractivity contribution in [2.24, 2.45) is 0 Å². The van der Waals surface area contributed by atoms with Crippen molar-refractivity contribution in [2.75, 3.05) is 0 Å². The van der Waals surface area contributed by atoms with Crippen molar-refractivity contribution in [1.29, 1.82) is 0 Å². The van der Waals surface area contributed by atoms with Crippen LogP contribution in [0.5, 0.6) is 0 Å². The molecule has 1 amide bonds. The fourth-order valence-corrected chi connectivity index (χ4v) is 2.94. The first-order chi connectivity index (χ1) is 14.5. The third kappa shape index (κ3) is 5.01. The minimum absolute atomic E-state index is 0.0874. The number of hydrogen-bond acceptors (Lipinski definition) is 2. The summed E-state index contributed by atoms with van der Waals surface area (Å²) in [5.74, 6) is -2.50. The fraction of sp³-hybridized carbons (Fsp3) is 0.143. The van der Waals surface area contributed by atoms with Gasteiger partial charge < -0.3 is 5.32 Å². The van der Waals surface area contributed by atoms with Gasteiger partial charge in [0.1, 0.15) is 5.82 Å². The minimum atomic E-state index is -4.99. The van der Waals surface area contributed by atoms with Crippen LogP contribution in [0.1, 0.15) is 38.8 Å². The number of alkyl halides is 6. The van der Waals surface area contributed by atoms with E-state index in [0.29, 0.717) is 18.2 Å². The summed E-state index contributed by atoms with van der Waals surface area (Å²) >= 11 is 0. The first-order valence-corrected chi connectivity index (χ1v) is 8.73. The van der Waals surface area contributed by atoms with Crippen molar-refractivity contribution in [3.8, 4) is 0 Å². The lowest BCUT2D eigenvalue weighted by Gasteiger charge is -2.23. The topological polar surface area (TPSA) is 42.0 Å². The summed E-state index contributed by atoms with van der Waals surface area (Å²) in [6.07, 6.45) is -8.83. The summed E-state index contributed by atoms with van der Waals surface area (Å²) in [4.78, 5) is 16.3. The molecule has 0 bridgehead atoms. The zero-order valence-electron chi connectivity index (χ0n) is 15.4. The highest BCUT2D eigenvalue weighted by Crippen LogP contribution is 2.37. The summed E-state index contributed by atoms with van der Waals surface area (Å²) in [5, 5.41) is 2.31. The van der Waals surface area contributed by atoms with Gasteiger partial charge in [0.2, 0.25) is 0 Å². The van der Waals surface area contributed by atoms with Gasteiger partial charge in [0.05, 0.1) is 22.9 Å². The number of rotatable bonds is 4. The van der Waals surface area contributed by atoms with E-state index in [2.05, 4.69) is 10.3 Å². The second-order valence-corrected chi connectivity index (χ2v) is 6.44. The molecule has 0 saturated heterocycles. The van der Waals surface area contributed by atoms with Crippen LogP contribution in [-0.4, -0.2) is 10.9 Å². The lowest BCUT2D eigenvalue weighted by Crippen LogP contribution is -2.32. The van der Waals surface area contributed by atoms with E-state index in [0.717, 1.165) is 18.3 Å². The third-order valence-corrected chi connectivity index (χ3v) is 4.36. The summed E-state index contributed by atoms with van der Waals surface area (Å²) < 4.78 is 93.3. The number of benzene rings is 2. The highest BCUT2D eigenvalue weighted by Gasteiger charge is 2.38. The van der Waals surface area contributed by atoms with E-state index in [9.17, 15) is 35.5 Å². The lowest BCUT2D eigenvalue weighted by atomic mass is 9.97. The fourth-order valence-electron chi connectivity index (χ4n) is 2.94. The average molecular weight is 442 g/mol. The van der Waals surface area contributed by atoms with Crippen LogP contribution >= 0.6 is 0 Å². The van der Waals surface area contributed by atoms with Crippen LogP contribution in [0.3, 0.4) is 0 Å². The van der Waals surface area contributed by atoms with E-state index in [-0.39, 0.29) is 11.1 Å². The van der Waals surface area contributed by atoms with E-state index >= 15 is 0 Å². The van der Waals surface area contributed by atoms with Gasteiger partial charge in [0, 0.05) is 11.8 Å². The number of hydrogen-bond donors (Lipinski definition) is 1. The molecule has 3 nitrogen and oxygen atoms in total. The number of nitrogens with zero attached hydrogens (tertiary/aromatic N) is 1. The van der Waals surface area contributed by atoms with Gasteiger partial charge in [-0.15, -0.1) is 0 Å². The molecule has 1 N–H and O–H groups in total. The molecule has 3 aromatic rings. The number of pyridine rings is 1. The maximum Gasteiger partial charge on any atom is 0.419 e. The number of nitrogens with one attached hydrogen (secondary N) is 1. The van der Waals surface area contributed by atoms with Crippen molar-refractivity contribution in [3.05, 3.63) is 101 Å². The predicted molar refractivity (Wildman–Crippen MR) is 96.4 cm³/mol. The van der Waals surface area contributed by atoms with Gasteiger partial charge in [-0.2, -0.15) is 26.3 Å². The Morgan fingerprint density at radius 3 is 2.06 bits per heavy atom. The monoisotopic (exact) mass is 442 g/mol. The second kappa shape index (κ2) is 8.37. The quantitative estimate of drug-likeness (QED) is 0.521. The maximum absolute atomic E-state index is 14.1. The zero-order valence-corrected chi connectivity index (χ0v) is 15.4. The Hall–Kier alpha value is -3.43. The first-order valence-electron chi connectivity index (χ1n) is 8.73. The molecular weight excluding hydrogens is 429 g/mol. The molecule has 0 radical (unpaired) electrons. The molecule has 0 aliphatic heterocycles. The molecule has 0 spiro atoms. The Bertz CT molecular complexity index is 1080. The molecule has 162 valence electrons. The number of carbonyl (C=O) groups is 1. The molecule has 1 aromatic heterocycles. The van der Waals surface area contributed by atoms with Crippen LogP contribution in [-0.2, 0) is 12.4 Å². The molecule has 0 aliphatic rings. The molecule has 0 fully saturated rings. The second-order valence-electron chi connectivity index (χ2n) is 6.44. The molecular formula is C21H13F7N2O. The van der Waals surface area contributed by atoms with Gasteiger partial charge in [-0.1, -0.05) is 24.3 Å². The summed E-state index contributed by atoms with van der Waals surface area (Å²) in [5.41, 5.74) is -3.73. The van der Waals surface area contributed by atoms with Gasteiger partial charge in [0.15, 0.2) is 0 Å². The van der Waals surface area contributed by atoms with Crippen molar-refractivity contribution in [2.45, 2.75) is 18.4 Å². The number of aromatic nitrogens is 1. The smallest absolute Gasteiger partial charge is 0.340 e. The summed E-state index contributed by atoms with van der Waals surface area (Å²) in [6.45, 7) is 0. The number of carbonyl (C=O) groups excluding carboxylic acids is 1. The Balaban J connectivity index is 2.12. The van der Waals surface area contributed by atoms with Gasteiger partial charge in [-0.05, 0) is 42.0 Å². The summed E-state index contributed by atoms with van der Waals surface area (Å²) in [6, 6.07) is 9.15. The lowest BCUT2D eigenvalue weighted by molar-refractivity contribution is -0.140. The first kappa shape index (κ1) is 22.3. The number of halogens is 7. The molecule has 2 aromatic carbocycles. The minimum Gasteiger partial charge on any atom is -0.340 e. The SMILES string of the molecule is O=C(NC(c1ccc(C(F)(F)F)c(F)c1)c1ncccc1C(F)(F)F)c1ccccc1. The standard InChI is InChI=1S/C21H13F7N2O/c22-16-11-13(8-9-14(16)20(23,24)25)17(30-19(31)12-5-2-1-3-6-12)18-15(21(26,27)28)7-4-10-29-18/h1-11,17H,(H,30,31). The van der Waals surface area contributed by atoms with Crippen LogP contribution < -0.4 is 5.32 Å². The van der Waals surface area contributed by atoms with Crippen LogP contribution in [0.25, 0.3) is 0 Å². The van der Waals surface area contributed by atoms with E-state index in [4.69, 9.17) is 0 Å². The predicted octanol–water partition coefficient (Wildman–Crippen LogP) is 5.78. The molecule has 3 rings (SSSR count). The van der Waals surface area contributed by atoms with Gasteiger partial charge >= 0.3 is 12.4 Å². The van der Waals surface area contributed by atoms with E-state index < -0.39 is 46.9 Å². The summed E-state index contributed by atoms with van der Waals surface area (Å²) in [7, 11) is 0. The van der Waals surface area contributed by atoms with E-state index in [1.807, 2.05) is 0 Å². The molecule has 0 aliphatic carbocycles. The maximum atomic E-state index is 14.1. The van der Waals surface area contributed by atoms with Crippen molar-refractivity contribution in [3.63, 3.8) is 0 Å². The van der Waals surface area contributed by atoms with Crippen LogP contribution in [0.15, 0.2) is 66.9 Å². The van der Waals surface area contributed by atoms with Gasteiger partial charge in [-0.25, -0.2) is 4.39 Å². The van der Waals surface area contributed by atoms with Crippen LogP contribution in [0.4, 0.5) is 30.7 Å². The molecule has 0 saturated carbocycles. The largest absolute Gasteiger partial charge is 0.419 e. The van der Waals surface area contributed by atoms with Crippen molar-refractivity contribution in [1.82, 2.24) is 10.3 Å². The molecule has 1 unspecified atom stereocenters. The molecule has 1 atom stereocenters. The highest BCUT2D eigenvalue weighted by atomic mass is 19.4. The van der Waals surface area contributed by atoms with Crippen LogP contribution in [0.2, 0.25) is 0 Å². The molecule has 10 heteroatoms. The number of amides is 1. The average Bonchev–Trinajstić information content (AvgIpc) is 2.71. The van der Waals surface area contributed by atoms with Gasteiger partial charge in [0.25, 0.3) is 5.91 Å². The van der Waals surface area contributed by atoms with Crippen molar-refractivity contribution < 1.29 is 35.5 Å². The third-order valence-electron chi connectivity index (χ3n) is 4.36. The van der Waals surface area contributed by atoms with E-state index in [1.165, 1.54) is 24.3 Å². The Morgan fingerprint density at radius 1 is 0.839 bits per heavy atom. The Labute approximate surface area is 171 Å². The molecule has 1 heterocycles. The Kier molecular flexibility index (Phi) is 6.01.